The Labute approximate surface area is 220 Å². The summed E-state index contributed by atoms with van der Waals surface area (Å²) in [5.74, 6) is 1.18. The Morgan fingerprint density at radius 3 is 2.21 bits per heavy atom. The summed E-state index contributed by atoms with van der Waals surface area (Å²) in [5.41, 5.74) is 11.4. The van der Waals surface area contributed by atoms with E-state index >= 15 is 0 Å². The van der Waals surface area contributed by atoms with Crippen molar-refractivity contribution >= 4 is 14.3 Å². The second kappa shape index (κ2) is 13.0. The Kier molecular flexibility index (Phi) is 11.0. The summed E-state index contributed by atoms with van der Waals surface area (Å²) in [5, 5.41) is 0. The number of benzene rings is 1. The summed E-state index contributed by atoms with van der Waals surface area (Å²) in [6, 6.07) is 8.23. The van der Waals surface area contributed by atoms with Crippen LogP contribution in [-0.2, 0) is 22.1 Å². The van der Waals surface area contributed by atoms with Gasteiger partial charge in [-0.1, -0.05) is 37.1 Å². The van der Waals surface area contributed by atoms with Gasteiger partial charge in [0.2, 0.25) is 0 Å². The van der Waals surface area contributed by atoms with Gasteiger partial charge in [-0.05, 0) is 62.6 Å². The minimum absolute atomic E-state index is 0. The molecule has 1 aromatic carbocycles. The molecule has 2 aliphatic carbocycles. The summed E-state index contributed by atoms with van der Waals surface area (Å²) >= 11 is -0.122. The molecule has 189 valence electrons. The molecule has 1 aliphatic heterocycles. The maximum absolute atomic E-state index is 5.68. The van der Waals surface area contributed by atoms with Gasteiger partial charge in [-0.2, -0.15) is 6.67 Å². The van der Waals surface area contributed by atoms with E-state index in [1.807, 2.05) is 12.1 Å². The fraction of sp³-hybridized carbons (Fsp3) is 0.400. The third-order valence-electron chi connectivity index (χ3n) is 6.86. The third-order valence-corrected chi connectivity index (χ3v) is 8.04. The van der Waals surface area contributed by atoms with Crippen LogP contribution < -0.4 is 0 Å². The Balaban J connectivity index is 0.000000289. The van der Waals surface area contributed by atoms with Gasteiger partial charge in [-0.25, -0.2) is 0 Å². The van der Waals surface area contributed by atoms with Crippen molar-refractivity contribution in [2.75, 3.05) is 13.1 Å². The molecule has 2 atom stereocenters. The number of nitrogens with zero attached hydrogens (tertiary/aromatic N) is 2. The second-order valence-electron chi connectivity index (χ2n) is 9.47. The van der Waals surface area contributed by atoms with Crippen LogP contribution in [0.3, 0.4) is 0 Å². The molecule has 1 aromatic rings. The molecule has 0 aromatic heterocycles. The molecule has 0 N–H and O–H groups in total. The van der Waals surface area contributed by atoms with Crippen LogP contribution in [0.15, 0.2) is 70.1 Å². The Morgan fingerprint density at radius 1 is 1.03 bits per heavy atom. The largest absolute Gasteiger partial charge is 0.358 e. The zero-order chi connectivity index (χ0) is 24.1. The van der Waals surface area contributed by atoms with E-state index in [9.17, 15) is 0 Å². The maximum atomic E-state index is 5.68. The summed E-state index contributed by atoms with van der Waals surface area (Å²) in [6.07, 6.45) is 6.73. The first-order valence-electron chi connectivity index (χ1n) is 11.8. The quantitative estimate of drug-likeness (QED) is 0.272. The molecule has 4 rings (SSSR count). The Hall–Kier alpha value is -1.44. The fourth-order valence-electron chi connectivity index (χ4n) is 5.32. The van der Waals surface area contributed by atoms with E-state index in [1.165, 1.54) is 51.2 Å². The SMILES string of the molecule is CC1=CC(C)=C(N2[CH-]N(C3=C(C)C=C(C)[C@H]3C)CC2)[C@@H](C)C1.[CH2-]Cc1ccccc1[CH]=[Ru][Cl].[CH3-]. The van der Waals surface area contributed by atoms with E-state index < -0.39 is 0 Å². The van der Waals surface area contributed by atoms with Crippen molar-refractivity contribution in [3.8, 4) is 0 Å². The topological polar surface area (TPSA) is 6.48 Å². The molecular formula is C30H41ClN2Ru-3. The molecule has 0 saturated carbocycles. The van der Waals surface area contributed by atoms with Crippen molar-refractivity contribution in [2.45, 2.75) is 54.4 Å². The number of rotatable bonds is 4. The first kappa shape index (κ1) is 28.8. The van der Waals surface area contributed by atoms with Gasteiger partial charge < -0.3 is 17.2 Å². The van der Waals surface area contributed by atoms with Gasteiger partial charge in [0.05, 0.1) is 0 Å². The minimum atomic E-state index is -0.122. The molecule has 3 aliphatic rings. The van der Waals surface area contributed by atoms with Crippen LogP contribution in [0.1, 0.15) is 59.1 Å². The van der Waals surface area contributed by atoms with E-state index in [1.54, 1.807) is 0 Å². The molecule has 0 unspecified atom stereocenters. The summed E-state index contributed by atoms with van der Waals surface area (Å²) in [4.78, 5) is 4.97. The van der Waals surface area contributed by atoms with Gasteiger partial charge in [0.1, 0.15) is 0 Å². The van der Waals surface area contributed by atoms with E-state index in [0.717, 1.165) is 19.5 Å². The van der Waals surface area contributed by atoms with Crippen LogP contribution in [0.25, 0.3) is 0 Å². The monoisotopic (exact) mass is 566 g/mol. The van der Waals surface area contributed by atoms with Crippen molar-refractivity contribution in [1.29, 1.82) is 0 Å². The average Bonchev–Trinajstić information content (AvgIpc) is 3.32. The van der Waals surface area contributed by atoms with Crippen molar-refractivity contribution in [3.63, 3.8) is 0 Å². The Bertz CT molecular complexity index is 1010. The molecule has 4 heteroatoms. The normalized spacial score (nSPS) is 22.8. The van der Waals surface area contributed by atoms with Gasteiger partial charge in [-0.15, -0.1) is 0 Å². The number of halogens is 1. The van der Waals surface area contributed by atoms with Crippen molar-refractivity contribution in [1.82, 2.24) is 9.80 Å². The van der Waals surface area contributed by atoms with Gasteiger partial charge in [0.15, 0.2) is 0 Å². The van der Waals surface area contributed by atoms with Gasteiger partial charge in [-0.3, -0.25) is 0 Å². The first-order valence-corrected chi connectivity index (χ1v) is 15.1. The predicted octanol–water partition coefficient (Wildman–Crippen LogP) is 7.75. The smallest absolute Gasteiger partial charge is 0.358 e. The number of hydrogen-bond donors (Lipinski definition) is 0. The molecule has 0 spiro atoms. The van der Waals surface area contributed by atoms with Crippen LogP contribution in [-0.4, -0.2) is 27.5 Å². The standard InChI is InChI=1S/C20H29N2.C9H9.CH3.ClH.Ru/c1-13-9-15(3)19(16(4)10-13)21-7-8-22(12-21)20-17(5)11-14(2)18(20)6;1-3-9-7-5-4-6-8(9)2;;;/h9,11-12,16,18H,7-8,10H2,1-6H3;2,4-7H,1,3H2;1H3;1H;/q3*-1;;+1/p-1/t16-,18+;;;;/m0..../s1. The summed E-state index contributed by atoms with van der Waals surface area (Å²) in [6.45, 7) is 22.1. The first-order chi connectivity index (χ1) is 15.8. The van der Waals surface area contributed by atoms with Gasteiger partial charge >= 0.3 is 78.7 Å². The van der Waals surface area contributed by atoms with Crippen LogP contribution in [0, 0.1) is 32.9 Å². The van der Waals surface area contributed by atoms with E-state index in [2.05, 4.69) is 93.8 Å². The minimum Gasteiger partial charge on any atom is -0.358 e. The molecule has 34 heavy (non-hydrogen) atoms. The molecule has 1 fully saturated rings. The summed E-state index contributed by atoms with van der Waals surface area (Å²) < 4.78 is 2.09. The average molecular weight is 566 g/mol. The molecule has 2 nitrogen and oxygen atoms in total. The third kappa shape index (κ3) is 6.61. The van der Waals surface area contributed by atoms with Crippen molar-refractivity contribution in [3.05, 3.63) is 102 Å². The molecule has 0 amide bonds. The second-order valence-corrected chi connectivity index (χ2v) is 11.3. The van der Waals surface area contributed by atoms with Crippen LogP contribution in [0.2, 0.25) is 0 Å². The molecule has 0 radical (unpaired) electrons. The predicted molar refractivity (Wildman–Crippen MR) is 147 cm³/mol. The molecular weight excluding hydrogens is 525 g/mol. The van der Waals surface area contributed by atoms with Crippen LogP contribution in [0.4, 0.5) is 0 Å². The van der Waals surface area contributed by atoms with Crippen LogP contribution >= 0.6 is 9.69 Å². The number of allylic oxidation sites excluding steroid dienone is 7. The fourth-order valence-corrected chi connectivity index (χ4v) is 6.51. The summed E-state index contributed by atoms with van der Waals surface area (Å²) in [7, 11) is 5.68. The maximum Gasteiger partial charge on any atom is -0.358 e. The van der Waals surface area contributed by atoms with Gasteiger partial charge in [0.25, 0.3) is 0 Å². The molecule has 1 heterocycles. The zero-order valence-corrected chi connectivity index (χ0v) is 24.4. The molecule has 1 saturated heterocycles. The van der Waals surface area contributed by atoms with E-state index in [4.69, 9.17) is 9.69 Å². The van der Waals surface area contributed by atoms with E-state index in [-0.39, 0.29) is 23.1 Å². The molecule has 0 bridgehead atoms. The van der Waals surface area contributed by atoms with Gasteiger partial charge in [0, 0.05) is 19.0 Å². The van der Waals surface area contributed by atoms with Crippen LogP contribution in [0.5, 0.6) is 0 Å². The van der Waals surface area contributed by atoms with Crippen molar-refractivity contribution in [2.24, 2.45) is 11.8 Å². The zero-order valence-electron chi connectivity index (χ0n) is 21.9. The van der Waals surface area contributed by atoms with E-state index in [0.29, 0.717) is 11.8 Å². The number of hydrogen-bond acceptors (Lipinski definition) is 2. The van der Waals surface area contributed by atoms with Crippen molar-refractivity contribution < 1.29 is 15.7 Å². The Morgan fingerprint density at radius 2 is 1.65 bits per heavy atom.